The molecule has 0 aliphatic rings. The number of rotatable bonds is 6. The van der Waals surface area contributed by atoms with Crippen molar-refractivity contribution < 1.29 is 9.53 Å². The fourth-order valence-electron chi connectivity index (χ4n) is 2.80. The molecule has 4 nitrogen and oxygen atoms in total. The number of nitrogens with zero attached hydrogens (tertiary/aromatic N) is 2. The van der Waals surface area contributed by atoms with Crippen molar-refractivity contribution in [2.24, 2.45) is 4.99 Å². The number of aryl methyl sites for hydroxylation is 1. The Kier molecular flexibility index (Phi) is 6.71. The maximum atomic E-state index is 11.4. The first kappa shape index (κ1) is 20.0. The number of carbonyl (C=O) groups excluding carboxylic acids is 1. The Labute approximate surface area is 173 Å². The van der Waals surface area contributed by atoms with E-state index >= 15 is 0 Å². The predicted molar refractivity (Wildman–Crippen MR) is 115 cm³/mol. The van der Waals surface area contributed by atoms with Crippen molar-refractivity contribution in [2.45, 2.75) is 19.9 Å². The first-order chi connectivity index (χ1) is 13.5. The molecule has 3 aromatic rings. The van der Waals surface area contributed by atoms with Gasteiger partial charge >= 0.3 is 5.97 Å². The number of aromatic nitrogens is 1. The van der Waals surface area contributed by atoms with E-state index in [2.05, 4.69) is 20.9 Å². The SMILES string of the molecule is CC(=O)OCC(N=C(c1ccccc1)c1ccccc1)c1ccc(Br)c(C)n1. The van der Waals surface area contributed by atoms with Crippen LogP contribution in [0.2, 0.25) is 0 Å². The molecule has 1 atom stereocenters. The normalized spacial score (nSPS) is 11.5. The topological polar surface area (TPSA) is 51.5 Å². The third kappa shape index (κ3) is 5.14. The Morgan fingerprint density at radius 1 is 1.00 bits per heavy atom. The van der Waals surface area contributed by atoms with Gasteiger partial charge in [0.25, 0.3) is 0 Å². The van der Waals surface area contributed by atoms with Gasteiger partial charge in [-0.3, -0.25) is 14.8 Å². The van der Waals surface area contributed by atoms with Crippen LogP contribution in [0.25, 0.3) is 0 Å². The fourth-order valence-corrected chi connectivity index (χ4v) is 3.02. The minimum absolute atomic E-state index is 0.132. The highest BCUT2D eigenvalue weighted by Gasteiger charge is 2.18. The van der Waals surface area contributed by atoms with E-state index in [4.69, 9.17) is 9.73 Å². The van der Waals surface area contributed by atoms with Gasteiger partial charge in [0.15, 0.2) is 0 Å². The van der Waals surface area contributed by atoms with Gasteiger partial charge in [-0.1, -0.05) is 60.7 Å². The van der Waals surface area contributed by atoms with Crippen molar-refractivity contribution in [3.63, 3.8) is 0 Å². The Bertz CT molecular complexity index is 931. The summed E-state index contributed by atoms with van der Waals surface area (Å²) in [5.74, 6) is -0.338. The number of pyridine rings is 1. The predicted octanol–water partition coefficient (Wildman–Crippen LogP) is 5.29. The summed E-state index contributed by atoms with van der Waals surface area (Å²) >= 11 is 3.48. The van der Waals surface area contributed by atoms with Crippen LogP contribution in [0.3, 0.4) is 0 Å². The minimum atomic E-state index is -0.411. The van der Waals surface area contributed by atoms with E-state index in [-0.39, 0.29) is 12.6 Å². The zero-order valence-electron chi connectivity index (χ0n) is 15.8. The van der Waals surface area contributed by atoms with Crippen molar-refractivity contribution >= 4 is 27.6 Å². The van der Waals surface area contributed by atoms with Gasteiger partial charge in [0, 0.05) is 22.5 Å². The molecule has 0 saturated carbocycles. The Balaban J connectivity index is 2.10. The number of hydrogen-bond donors (Lipinski definition) is 0. The molecule has 3 rings (SSSR count). The highest BCUT2D eigenvalue weighted by Crippen LogP contribution is 2.23. The second-order valence-corrected chi connectivity index (χ2v) is 7.19. The maximum Gasteiger partial charge on any atom is 0.302 e. The molecule has 5 heteroatoms. The lowest BCUT2D eigenvalue weighted by atomic mass is 10.0. The summed E-state index contributed by atoms with van der Waals surface area (Å²) in [7, 11) is 0. The van der Waals surface area contributed by atoms with Gasteiger partial charge in [0.05, 0.1) is 17.1 Å². The molecule has 0 saturated heterocycles. The Morgan fingerprint density at radius 3 is 2.07 bits per heavy atom. The number of hydrogen-bond acceptors (Lipinski definition) is 4. The number of aliphatic imine (C=N–C) groups is 1. The number of benzene rings is 2. The van der Waals surface area contributed by atoms with Crippen molar-refractivity contribution in [3.8, 4) is 0 Å². The average Bonchev–Trinajstić information content (AvgIpc) is 2.71. The molecule has 1 aromatic heterocycles. The van der Waals surface area contributed by atoms with Gasteiger partial charge in [-0.2, -0.15) is 0 Å². The van der Waals surface area contributed by atoms with E-state index in [0.29, 0.717) is 0 Å². The summed E-state index contributed by atoms with van der Waals surface area (Å²) in [6.45, 7) is 3.46. The minimum Gasteiger partial charge on any atom is -0.463 e. The van der Waals surface area contributed by atoms with Crippen LogP contribution in [-0.4, -0.2) is 23.3 Å². The summed E-state index contributed by atoms with van der Waals surface area (Å²) in [6.07, 6.45) is 0. The van der Waals surface area contributed by atoms with Crippen LogP contribution in [0, 0.1) is 6.92 Å². The molecule has 1 heterocycles. The molecule has 0 radical (unpaired) electrons. The maximum absolute atomic E-state index is 11.4. The molecule has 0 amide bonds. The van der Waals surface area contributed by atoms with Crippen LogP contribution >= 0.6 is 15.9 Å². The third-order valence-electron chi connectivity index (χ3n) is 4.21. The zero-order chi connectivity index (χ0) is 19.9. The summed E-state index contributed by atoms with van der Waals surface area (Å²) in [6, 6.07) is 23.4. The first-order valence-electron chi connectivity index (χ1n) is 8.99. The van der Waals surface area contributed by atoms with Crippen molar-refractivity contribution in [1.29, 1.82) is 0 Å². The second-order valence-electron chi connectivity index (χ2n) is 6.33. The van der Waals surface area contributed by atoms with E-state index in [1.165, 1.54) is 6.92 Å². The van der Waals surface area contributed by atoms with E-state index in [1.54, 1.807) is 0 Å². The molecular weight excluding hydrogens is 416 g/mol. The van der Waals surface area contributed by atoms with Crippen LogP contribution in [-0.2, 0) is 9.53 Å². The molecule has 142 valence electrons. The molecular formula is C23H21BrN2O2. The molecule has 1 unspecified atom stereocenters. The lowest BCUT2D eigenvalue weighted by Crippen LogP contribution is -2.14. The lowest BCUT2D eigenvalue weighted by molar-refractivity contribution is -0.141. The molecule has 2 aromatic carbocycles. The smallest absolute Gasteiger partial charge is 0.302 e. The standard InChI is InChI=1S/C23H21BrN2O2/c1-16-20(24)13-14-21(25-16)22(15-28-17(2)27)26-23(18-9-5-3-6-10-18)19-11-7-4-8-12-19/h3-14,22H,15H2,1-2H3. The highest BCUT2D eigenvalue weighted by molar-refractivity contribution is 9.10. The molecule has 28 heavy (non-hydrogen) atoms. The Morgan fingerprint density at radius 2 is 1.57 bits per heavy atom. The first-order valence-corrected chi connectivity index (χ1v) is 9.79. The Hall–Kier alpha value is -2.79. The molecule has 0 aliphatic carbocycles. The van der Waals surface area contributed by atoms with Crippen LogP contribution in [0.5, 0.6) is 0 Å². The molecule has 0 bridgehead atoms. The van der Waals surface area contributed by atoms with Crippen LogP contribution in [0.1, 0.15) is 35.5 Å². The number of esters is 1. The van der Waals surface area contributed by atoms with Gasteiger partial charge in [-0.05, 0) is 35.0 Å². The molecule has 0 N–H and O–H groups in total. The van der Waals surface area contributed by atoms with E-state index in [0.717, 1.165) is 32.7 Å². The van der Waals surface area contributed by atoms with Crippen molar-refractivity contribution in [2.75, 3.05) is 6.61 Å². The van der Waals surface area contributed by atoms with E-state index in [1.807, 2.05) is 79.7 Å². The van der Waals surface area contributed by atoms with Crippen LogP contribution < -0.4 is 0 Å². The largest absolute Gasteiger partial charge is 0.463 e. The summed E-state index contributed by atoms with van der Waals surface area (Å²) in [5, 5.41) is 0. The third-order valence-corrected chi connectivity index (χ3v) is 5.05. The average molecular weight is 437 g/mol. The number of ether oxygens (including phenoxy) is 1. The quantitative estimate of drug-likeness (QED) is 0.389. The van der Waals surface area contributed by atoms with E-state index in [9.17, 15) is 4.79 Å². The van der Waals surface area contributed by atoms with Gasteiger partial charge < -0.3 is 4.74 Å². The highest BCUT2D eigenvalue weighted by atomic mass is 79.9. The summed E-state index contributed by atoms with van der Waals surface area (Å²) in [4.78, 5) is 21.1. The lowest BCUT2D eigenvalue weighted by Gasteiger charge is -2.16. The van der Waals surface area contributed by atoms with E-state index < -0.39 is 6.04 Å². The van der Waals surface area contributed by atoms with Gasteiger partial charge in [0.1, 0.15) is 12.6 Å². The summed E-state index contributed by atoms with van der Waals surface area (Å²) in [5.41, 5.74) is 4.44. The zero-order valence-corrected chi connectivity index (χ0v) is 17.4. The van der Waals surface area contributed by atoms with Gasteiger partial charge in [-0.15, -0.1) is 0 Å². The number of halogens is 1. The van der Waals surface area contributed by atoms with Gasteiger partial charge in [-0.25, -0.2) is 0 Å². The summed E-state index contributed by atoms with van der Waals surface area (Å²) < 4.78 is 6.23. The van der Waals surface area contributed by atoms with Crippen LogP contribution in [0.4, 0.5) is 0 Å². The fraction of sp³-hybridized carbons (Fsp3) is 0.174. The van der Waals surface area contributed by atoms with Crippen molar-refractivity contribution in [3.05, 3.63) is 99.8 Å². The molecule has 0 aliphatic heterocycles. The van der Waals surface area contributed by atoms with Crippen LogP contribution in [0.15, 0.2) is 82.3 Å². The van der Waals surface area contributed by atoms with Crippen molar-refractivity contribution in [1.82, 2.24) is 4.98 Å². The van der Waals surface area contributed by atoms with Gasteiger partial charge in [0.2, 0.25) is 0 Å². The second kappa shape index (κ2) is 9.42. The molecule has 0 spiro atoms. The molecule has 0 fully saturated rings. The monoisotopic (exact) mass is 436 g/mol. The number of carbonyl (C=O) groups is 1.